The van der Waals surface area contributed by atoms with E-state index in [1.807, 2.05) is 26.8 Å². The Labute approximate surface area is 98.2 Å². The Morgan fingerprint density at radius 3 is 2.47 bits per heavy atom. The number of rotatable bonds is 1. The Morgan fingerprint density at radius 2 is 2.00 bits per heavy atom. The molecule has 0 N–H and O–H groups in total. The molecule has 1 aliphatic carbocycles. The predicted octanol–water partition coefficient (Wildman–Crippen LogP) is 4.16. The van der Waals surface area contributed by atoms with Crippen molar-refractivity contribution in [1.29, 1.82) is 0 Å². The number of aromatic nitrogens is 1. The molecule has 1 nitrogen and oxygen atoms in total. The molecule has 0 aromatic carbocycles. The van der Waals surface area contributed by atoms with E-state index < -0.39 is 0 Å². The number of hydrogen-bond acceptors (Lipinski definition) is 1. The fraction of sp³-hybridized carbons (Fsp3) is 0.583. The number of halogens is 2. The minimum absolute atomic E-state index is 0.216. The van der Waals surface area contributed by atoms with Gasteiger partial charge in [0.1, 0.15) is 0 Å². The number of hydrogen-bond donors (Lipinski definition) is 0. The van der Waals surface area contributed by atoms with Crippen molar-refractivity contribution in [3.63, 3.8) is 0 Å². The molecule has 0 unspecified atom stereocenters. The first-order valence-corrected chi connectivity index (χ1v) is 6.05. The lowest BCUT2D eigenvalue weighted by Gasteiger charge is -2.20. The van der Waals surface area contributed by atoms with Crippen LogP contribution in [0.1, 0.15) is 50.9 Å². The van der Waals surface area contributed by atoms with Crippen molar-refractivity contribution in [3.05, 3.63) is 27.7 Å². The third-order valence-electron chi connectivity index (χ3n) is 2.64. The summed E-state index contributed by atoms with van der Waals surface area (Å²) in [6.07, 6.45) is 2.38. The van der Waals surface area contributed by atoms with Crippen LogP contribution in [0.25, 0.3) is 0 Å². The maximum Gasteiger partial charge on any atom is 0.159 e. The van der Waals surface area contributed by atoms with Crippen LogP contribution < -0.4 is 0 Å². The molecule has 0 atom stereocenters. The van der Waals surface area contributed by atoms with Gasteiger partial charge in [-0.3, -0.25) is 4.98 Å². The fourth-order valence-corrected chi connectivity index (χ4v) is 2.02. The number of nitrogens with zero attached hydrogens (tertiary/aromatic N) is 1. The lowest BCUT2D eigenvalue weighted by atomic mass is 9.91. The van der Waals surface area contributed by atoms with Crippen LogP contribution in [0.15, 0.2) is 10.5 Å². The van der Waals surface area contributed by atoms with E-state index in [0.717, 1.165) is 5.69 Å². The lowest BCUT2D eigenvalue weighted by molar-refractivity contribution is 0.496. The standard InChI is InChI=1S/C12H15BrFN/c1-12(2,3)11-10(14)8(13)6-9(15-11)7-4-5-7/h6-7H,4-5H2,1-3H3. The molecular formula is C12H15BrFN. The zero-order valence-electron chi connectivity index (χ0n) is 9.27. The second kappa shape index (κ2) is 3.55. The Kier molecular flexibility index (Phi) is 2.61. The van der Waals surface area contributed by atoms with Gasteiger partial charge in [-0.15, -0.1) is 0 Å². The molecule has 82 valence electrons. The summed E-state index contributed by atoms with van der Waals surface area (Å²) in [4.78, 5) is 4.46. The van der Waals surface area contributed by atoms with Gasteiger partial charge in [-0.2, -0.15) is 0 Å². The SMILES string of the molecule is CC(C)(C)c1nc(C2CC2)cc(Br)c1F. The summed E-state index contributed by atoms with van der Waals surface area (Å²) < 4.78 is 14.4. The summed E-state index contributed by atoms with van der Waals surface area (Å²) in [5.41, 5.74) is 1.37. The summed E-state index contributed by atoms with van der Waals surface area (Å²) in [6.45, 7) is 5.96. The summed E-state index contributed by atoms with van der Waals surface area (Å²) in [7, 11) is 0. The van der Waals surface area contributed by atoms with Crippen LogP contribution in [0, 0.1) is 5.82 Å². The van der Waals surface area contributed by atoms with Crippen LogP contribution in [0.5, 0.6) is 0 Å². The molecule has 1 saturated carbocycles. The molecule has 1 aromatic rings. The third kappa shape index (κ3) is 2.22. The highest BCUT2D eigenvalue weighted by atomic mass is 79.9. The van der Waals surface area contributed by atoms with Gasteiger partial charge in [0.2, 0.25) is 0 Å². The summed E-state index contributed by atoms with van der Waals surface area (Å²) in [6, 6.07) is 1.82. The van der Waals surface area contributed by atoms with Gasteiger partial charge in [0.25, 0.3) is 0 Å². The highest BCUT2D eigenvalue weighted by Crippen LogP contribution is 2.41. The summed E-state index contributed by atoms with van der Waals surface area (Å²) in [5.74, 6) is 0.342. The van der Waals surface area contributed by atoms with E-state index in [-0.39, 0.29) is 11.2 Å². The molecule has 2 rings (SSSR count). The predicted molar refractivity (Wildman–Crippen MR) is 62.6 cm³/mol. The van der Waals surface area contributed by atoms with Crippen molar-refractivity contribution < 1.29 is 4.39 Å². The van der Waals surface area contributed by atoms with E-state index in [9.17, 15) is 4.39 Å². The van der Waals surface area contributed by atoms with E-state index >= 15 is 0 Å². The zero-order chi connectivity index (χ0) is 11.2. The minimum atomic E-state index is -0.239. The Bertz CT molecular complexity index is 391. The molecule has 0 amide bonds. The van der Waals surface area contributed by atoms with Crippen LogP contribution in [0.2, 0.25) is 0 Å². The highest BCUT2D eigenvalue weighted by Gasteiger charge is 2.29. The van der Waals surface area contributed by atoms with Crippen LogP contribution in [-0.2, 0) is 5.41 Å². The van der Waals surface area contributed by atoms with E-state index in [1.165, 1.54) is 12.8 Å². The third-order valence-corrected chi connectivity index (χ3v) is 3.22. The molecule has 3 heteroatoms. The molecule has 1 fully saturated rings. The normalized spacial score (nSPS) is 16.9. The second-order valence-corrected chi connectivity index (χ2v) is 6.07. The summed E-state index contributed by atoms with van der Waals surface area (Å²) in [5, 5.41) is 0. The van der Waals surface area contributed by atoms with Crippen LogP contribution in [0.3, 0.4) is 0 Å². The molecule has 0 spiro atoms. The molecule has 1 aromatic heterocycles. The van der Waals surface area contributed by atoms with Crippen molar-refractivity contribution in [1.82, 2.24) is 4.98 Å². The topological polar surface area (TPSA) is 12.9 Å². The first kappa shape index (κ1) is 11.1. The first-order chi connectivity index (χ1) is 6.89. The van der Waals surface area contributed by atoms with Gasteiger partial charge in [-0.25, -0.2) is 4.39 Å². The molecule has 1 aliphatic rings. The van der Waals surface area contributed by atoms with Crippen molar-refractivity contribution in [2.24, 2.45) is 0 Å². The average Bonchev–Trinajstić information content (AvgIpc) is 2.90. The first-order valence-electron chi connectivity index (χ1n) is 5.26. The van der Waals surface area contributed by atoms with Crippen LogP contribution in [-0.4, -0.2) is 4.98 Å². The molecule has 0 aliphatic heterocycles. The van der Waals surface area contributed by atoms with E-state index in [2.05, 4.69) is 20.9 Å². The van der Waals surface area contributed by atoms with Crippen molar-refractivity contribution in [2.75, 3.05) is 0 Å². The Morgan fingerprint density at radius 1 is 1.40 bits per heavy atom. The number of pyridine rings is 1. The Balaban J connectivity index is 2.52. The largest absolute Gasteiger partial charge is 0.254 e. The lowest BCUT2D eigenvalue weighted by Crippen LogP contribution is -2.17. The van der Waals surface area contributed by atoms with Crippen molar-refractivity contribution in [3.8, 4) is 0 Å². The van der Waals surface area contributed by atoms with Gasteiger partial charge in [0.05, 0.1) is 10.2 Å². The molecule has 15 heavy (non-hydrogen) atoms. The van der Waals surface area contributed by atoms with Gasteiger partial charge >= 0.3 is 0 Å². The van der Waals surface area contributed by atoms with Crippen molar-refractivity contribution in [2.45, 2.75) is 44.9 Å². The minimum Gasteiger partial charge on any atom is -0.254 e. The fourth-order valence-electron chi connectivity index (χ4n) is 1.60. The van der Waals surface area contributed by atoms with E-state index in [1.54, 1.807) is 0 Å². The van der Waals surface area contributed by atoms with E-state index in [4.69, 9.17) is 0 Å². The van der Waals surface area contributed by atoms with Gasteiger partial charge in [0, 0.05) is 17.0 Å². The van der Waals surface area contributed by atoms with Crippen molar-refractivity contribution >= 4 is 15.9 Å². The summed E-state index contributed by atoms with van der Waals surface area (Å²) >= 11 is 3.27. The van der Waals surface area contributed by atoms with Gasteiger partial charge in [-0.1, -0.05) is 20.8 Å². The smallest absolute Gasteiger partial charge is 0.159 e. The quantitative estimate of drug-likeness (QED) is 0.748. The molecule has 0 bridgehead atoms. The molecule has 1 heterocycles. The molecule has 0 radical (unpaired) electrons. The van der Waals surface area contributed by atoms with Gasteiger partial charge in [0.15, 0.2) is 5.82 Å². The second-order valence-electron chi connectivity index (χ2n) is 5.22. The average molecular weight is 272 g/mol. The zero-order valence-corrected chi connectivity index (χ0v) is 10.9. The maximum atomic E-state index is 13.9. The molecular weight excluding hydrogens is 257 g/mol. The highest BCUT2D eigenvalue weighted by molar-refractivity contribution is 9.10. The van der Waals surface area contributed by atoms with Gasteiger partial charge < -0.3 is 0 Å². The van der Waals surface area contributed by atoms with Crippen LogP contribution >= 0.6 is 15.9 Å². The Hall–Kier alpha value is -0.440. The molecule has 0 saturated heterocycles. The van der Waals surface area contributed by atoms with Gasteiger partial charge in [-0.05, 0) is 34.8 Å². The van der Waals surface area contributed by atoms with E-state index in [0.29, 0.717) is 16.1 Å². The van der Waals surface area contributed by atoms with Crippen LogP contribution in [0.4, 0.5) is 4.39 Å². The monoisotopic (exact) mass is 271 g/mol. The maximum absolute atomic E-state index is 13.9.